The van der Waals surface area contributed by atoms with Crippen LogP contribution in [0.15, 0.2) is 41.0 Å². The molecular formula is C15H17NO3. The molecule has 4 heteroatoms. The number of hydrogen-bond acceptors (Lipinski definition) is 3. The molecule has 0 aliphatic heterocycles. The Bertz CT molecular complexity index is 543. The van der Waals surface area contributed by atoms with E-state index in [-0.39, 0.29) is 5.91 Å². The van der Waals surface area contributed by atoms with Gasteiger partial charge in [-0.2, -0.15) is 0 Å². The molecule has 0 atom stereocenters. The quantitative estimate of drug-likeness (QED) is 0.840. The van der Waals surface area contributed by atoms with Crippen LogP contribution in [0.5, 0.6) is 5.75 Å². The number of benzene rings is 1. The second-order valence-corrected chi connectivity index (χ2v) is 4.31. The standard InChI is InChI=1S/C15H17NO3/c1-11-3-5-13(6-4-11)19-10-8-16-15(17)14-7-9-18-12(14)2/h3-7,9H,8,10H2,1-2H3,(H,16,17). The molecular weight excluding hydrogens is 242 g/mol. The Kier molecular flexibility index (Phi) is 4.23. The molecule has 0 radical (unpaired) electrons. The first-order valence-corrected chi connectivity index (χ1v) is 6.18. The Labute approximate surface area is 112 Å². The minimum atomic E-state index is -0.140. The Morgan fingerprint density at radius 3 is 2.58 bits per heavy atom. The van der Waals surface area contributed by atoms with Gasteiger partial charge in [-0.25, -0.2) is 0 Å². The molecule has 2 rings (SSSR count). The summed E-state index contributed by atoms with van der Waals surface area (Å²) in [6.45, 7) is 4.68. The molecule has 0 spiro atoms. The van der Waals surface area contributed by atoms with Gasteiger partial charge in [0.15, 0.2) is 0 Å². The van der Waals surface area contributed by atoms with E-state index < -0.39 is 0 Å². The van der Waals surface area contributed by atoms with Crippen LogP contribution in [0.4, 0.5) is 0 Å². The van der Waals surface area contributed by atoms with Crippen molar-refractivity contribution >= 4 is 5.91 Å². The minimum absolute atomic E-state index is 0.140. The fourth-order valence-corrected chi connectivity index (χ4v) is 1.68. The SMILES string of the molecule is Cc1ccc(OCCNC(=O)c2ccoc2C)cc1. The van der Waals surface area contributed by atoms with Crippen LogP contribution in [0, 0.1) is 13.8 Å². The molecule has 0 aliphatic carbocycles. The number of aryl methyl sites for hydroxylation is 2. The third kappa shape index (κ3) is 3.61. The van der Waals surface area contributed by atoms with Crippen LogP contribution < -0.4 is 10.1 Å². The third-order valence-corrected chi connectivity index (χ3v) is 2.78. The molecule has 0 saturated carbocycles. The zero-order valence-corrected chi connectivity index (χ0v) is 11.1. The monoisotopic (exact) mass is 259 g/mol. The Morgan fingerprint density at radius 2 is 1.95 bits per heavy atom. The van der Waals surface area contributed by atoms with E-state index in [9.17, 15) is 4.79 Å². The molecule has 100 valence electrons. The number of ether oxygens (including phenoxy) is 1. The highest BCUT2D eigenvalue weighted by molar-refractivity contribution is 5.94. The second kappa shape index (κ2) is 6.09. The molecule has 0 bridgehead atoms. The molecule has 0 saturated heterocycles. The van der Waals surface area contributed by atoms with Gasteiger partial charge < -0.3 is 14.5 Å². The van der Waals surface area contributed by atoms with Gasteiger partial charge in [0, 0.05) is 0 Å². The lowest BCUT2D eigenvalue weighted by Crippen LogP contribution is -2.28. The van der Waals surface area contributed by atoms with E-state index in [2.05, 4.69) is 5.32 Å². The van der Waals surface area contributed by atoms with Crippen LogP contribution in [0.3, 0.4) is 0 Å². The zero-order chi connectivity index (χ0) is 13.7. The fraction of sp³-hybridized carbons (Fsp3) is 0.267. The van der Waals surface area contributed by atoms with E-state index in [4.69, 9.17) is 9.15 Å². The maximum atomic E-state index is 11.8. The van der Waals surface area contributed by atoms with Gasteiger partial charge in [-0.05, 0) is 32.0 Å². The summed E-state index contributed by atoms with van der Waals surface area (Å²) in [6.07, 6.45) is 1.51. The summed E-state index contributed by atoms with van der Waals surface area (Å²) in [5.41, 5.74) is 1.76. The van der Waals surface area contributed by atoms with Crippen molar-refractivity contribution in [3.05, 3.63) is 53.5 Å². The van der Waals surface area contributed by atoms with Gasteiger partial charge in [0.05, 0.1) is 18.4 Å². The van der Waals surface area contributed by atoms with Crippen LogP contribution >= 0.6 is 0 Å². The van der Waals surface area contributed by atoms with E-state index in [0.717, 1.165) is 5.75 Å². The van der Waals surface area contributed by atoms with Crippen molar-refractivity contribution in [2.45, 2.75) is 13.8 Å². The van der Waals surface area contributed by atoms with Crippen molar-refractivity contribution in [3.63, 3.8) is 0 Å². The summed E-state index contributed by atoms with van der Waals surface area (Å²) in [6, 6.07) is 9.46. The van der Waals surface area contributed by atoms with Gasteiger partial charge in [-0.3, -0.25) is 4.79 Å². The molecule has 1 heterocycles. The number of carbonyl (C=O) groups is 1. The van der Waals surface area contributed by atoms with Crippen LogP contribution in [-0.4, -0.2) is 19.1 Å². The zero-order valence-electron chi connectivity index (χ0n) is 11.1. The summed E-state index contributed by atoms with van der Waals surface area (Å²) >= 11 is 0. The Hall–Kier alpha value is -2.23. The van der Waals surface area contributed by atoms with Crippen molar-refractivity contribution in [1.29, 1.82) is 0 Å². The van der Waals surface area contributed by atoms with Crippen molar-refractivity contribution in [2.75, 3.05) is 13.2 Å². The summed E-state index contributed by atoms with van der Waals surface area (Å²) in [5.74, 6) is 1.29. The van der Waals surface area contributed by atoms with Gasteiger partial charge >= 0.3 is 0 Å². The number of rotatable bonds is 5. The number of nitrogens with one attached hydrogen (secondary N) is 1. The molecule has 4 nitrogen and oxygen atoms in total. The first kappa shape index (κ1) is 13.2. The molecule has 1 aromatic heterocycles. The summed E-state index contributed by atoms with van der Waals surface area (Å²) < 4.78 is 10.6. The highest BCUT2D eigenvalue weighted by atomic mass is 16.5. The van der Waals surface area contributed by atoms with Crippen molar-refractivity contribution in [2.24, 2.45) is 0 Å². The molecule has 19 heavy (non-hydrogen) atoms. The van der Waals surface area contributed by atoms with E-state index in [0.29, 0.717) is 24.5 Å². The minimum Gasteiger partial charge on any atom is -0.492 e. The van der Waals surface area contributed by atoms with Crippen molar-refractivity contribution < 1.29 is 13.9 Å². The maximum absolute atomic E-state index is 11.8. The van der Waals surface area contributed by atoms with Gasteiger partial charge in [0.1, 0.15) is 18.1 Å². The molecule has 0 aliphatic rings. The predicted molar refractivity (Wildman–Crippen MR) is 72.5 cm³/mol. The molecule has 1 N–H and O–H groups in total. The van der Waals surface area contributed by atoms with Crippen molar-refractivity contribution in [1.82, 2.24) is 5.32 Å². The molecule has 0 unspecified atom stereocenters. The number of amides is 1. The highest BCUT2D eigenvalue weighted by Crippen LogP contribution is 2.11. The normalized spacial score (nSPS) is 10.2. The molecule has 1 aromatic carbocycles. The maximum Gasteiger partial charge on any atom is 0.254 e. The van der Waals surface area contributed by atoms with Gasteiger partial charge in [-0.1, -0.05) is 17.7 Å². The van der Waals surface area contributed by atoms with Crippen molar-refractivity contribution in [3.8, 4) is 5.75 Å². The summed E-state index contributed by atoms with van der Waals surface area (Å²) in [5, 5.41) is 2.78. The van der Waals surface area contributed by atoms with E-state index >= 15 is 0 Å². The second-order valence-electron chi connectivity index (χ2n) is 4.31. The summed E-state index contributed by atoms with van der Waals surface area (Å²) in [4.78, 5) is 11.8. The van der Waals surface area contributed by atoms with Crippen LogP contribution in [0.25, 0.3) is 0 Å². The average molecular weight is 259 g/mol. The first-order valence-electron chi connectivity index (χ1n) is 6.18. The smallest absolute Gasteiger partial charge is 0.254 e. The lowest BCUT2D eigenvalue weighted by Gasteiger charge is -2.07. The largest absolute Gasteiger partial charge is 0.492 e. The number of furan rings is 1. The first-order chi connectivity index (χ1) is 9.16. The highest BCUT2D eigenvalue weighted by Gasteiger charge is 2.10. The number of carbonyl (C=O) groups excluding carboxylic acids is 1. The van der Waals surface area contributed by atoms with Gasteiger partial charge in [0.2, 0.25) is 0 Å². The van der Waals surface area contributed by atoms with E-state index in [1.54, 1.807) is 13.0 Å². The van der Waals surface area contributed by atoms with Crippen LogP contribution in [0.2, 0.25) is 0 Å². The molecule has 0 fully saturated rings. The predicted octanol–water partition coefficient (Wildman–Crippen LogP) is 2.71. The van der Waals surface area contributed by atoms with Crippen LogP contribution in [0.1, 0.15) is 21.7 Å². The van der Waals surface area contributed by atoms with E-state index in [1.165, 1.54) is 11.8 Å². The third-order valence-electron chi connectivity index (χ3n) is 2.78. The lowest BCUT2D eigenvalue weighted by molar-refractivity contribution is 0.0945. The van der Waals surface area contributed by atoms with E-state index in [1.807, 2.05) is 31.2 Å². The summed E-state index contributed by atoms with van der Waals surface area (Å²) in [7, 11) is 0. The Morgan fingerprint density at radius 1 is 1.21 bits per heavy atom. The van der Waals surface area contributed by atoms with Gasteiger partial charge in [0.25, 0.3) is 5.91 Å². The van der Waals surface area contributed by atoms with Crippen LogP contribution in [-0.2, 0) is 0 Å². The number of hydrogen-bond donors (Lipinski definition) is 1. The molecule has 1 amide bonds. The topological polar surface area (TPSA) is 51.5 Å². The van der Waals surface area contributed by atoms with Gasteiger partial charge in [-0.15, -0.1) is 0 Å². The fourth-order valence-electron chi connectivity index (χ4n) is 1.68. The average Bonchev–Trinajstić information content (AvgIpc) is 2.83. The lowest BCUT2D eigenvalue weighted by atomic mass is 10.2. The Balaban J connectivity index is 1.74. The molecule has 2 aromatic rings.